The van der Waals surface area contributed by atoms with Gasteiger partial charge >= 0.3 is 5.97 Å². The SMILES string of the molecule is CCOC(=O)c1cc2ccccc2n1NC1=CC(=O)CCC1. The number of esters is 1. The summed E-state index contributed by atoms with van der Waals surface area (Å²) in [6, 6.07) is 9.50. The first-order chi connectivity index (χ1) is 10.7. The molecule has 0 unspecified atom stereocenters. The number of hydrogen-bond donors (Lipinski definition) is 1. The molecule has 1 heterocycles. The molecule has 0 amide bonds. The lowest BCUT2D eigenvalue weighted by Crippen LogP contribution is -2.22. The summed E-state index contributed by atoms with van der Waals surface area (Å²) in [7, 11) is 0. The average Bonchev–Trinajstić information content (AvgIpc) is 2.87. The van der Waals surface area contributed by atoms with Crippen LogP contribution < -0.4 is 5.43 Å². The minimum Gasteiger partial charge on any atom is -0.461 e. The molecule has 0 radical (unpaired) electrons. The van der Waals surface area contributed by atoms with Gasteiger partial charge < -0.3 is 4.74 Å². The summed E-state index contributed by atoms with van der Waals surface area (Å²) < 4.78 is 6.83. The Hall–Kier alpha value is -2.56. The summed E-state index contributed by atoms with van der Waals surface area (Å²) >= 11 is 0. The molecule has 0 bridgehead atoms. The van der Waals surface area contributed by atoms with Crippen molar-refractivity contribution in [1.82, 2.24) is 4.68 Å². The first-order valence-electron chi connectivity index (χ1n) is 7.47. The number of fused-ring (bicyclic) bond motifs is 1. The van der Waals surface area contributed by atoms with E-state index in [1.807, 2.05) is 24.3 Å². The van der Waals surface area contributed by atoms with E-state index in [0.29, 0.717) is 18.7 Å². The Balaban J connectivity index is 2.03. The van der Waals surface area contributed by atoms with Gasteiger partial charge in [-0.3, -0.25) is 10.2 Å². The van der Waals surface area contributed by atoms with Gasteiger partial charge in [0.2, 0.25) is 0 Å². The van der Waals surface area contributed by atoms with E-state index in [1.165, 1.54) is 0 Å². The van der Waals surface area contributed by atoms with Gasteiger partial charge in [0.25, 0.3) is 0 Å². The molecule has 0 fully saturated rings. The number of aromatic nitrogens is 1. The Bertz CT molecular complexity index is 758. The number of nitrogens with zero attached hydrogens (tertiary/aromatic N) is 1. The van der Waals surface area contributed by atoms with Gasteiger partial charge in [0, 0.05) is 23.6 Å². The number of para-hydroxylation sites is 1. The van der Waals surface area contributed by atoms with Crippen molar-refractivity contribution in [3.63, 3.8) is 0 Å². The smallest absolute Gasteiger partial charge is 0.356 e. The number of nitrogens with one attached hydrogen (secondary N) is 1. The highest BCUT2D eigenvalue weighted by Crippen LogP contribution is 2.22. The fraction of sp³-hybridized carbons (Fsp3) is 0.294. The largest absolute Gasteiger partial charge is 0.461 e. The van der Waals surface area contributed by atoms with E-state index in [0.717, 1.165) is 29.4 Å². The molecule has 1 aliphatic rings. The van der Waals surface area contributed by atoms with Crippen LogP contribution in [0, 0.1) is 0 Å². The quantitative estimate of drug-likeness (QED) is 0.882. The van der Waals surface area contributed by atoms with Gasteiger partial charge in [-0.05, 0) is 31.9 Å². The molecule has 3 rings (SSSR count). The van der Waals surface area contributed by atoms with Crippen LogP contribution in [-0.2, 0) is 9.53 Å². The van der Waals surface area contributed by atoms with Crippen molar-refractivity contribution in [2.45, 2.75) is 26.2 Å². The average molecular weight is 298 g/mol. The number of benzene rings is 1. The highest BCUT2D eigenvalue weighted by atomic mass is 16.5. The lowest BCUT2D eigenvalue weighted by molar-refractivity contribution is -0.115. The van der Waals surface area contributed by atoms with Crippen LogP contribution >= 0.6 is 0 Å². The van der Waals surface area contributed by atoms with Crippen LogP contribution in [0.5, 0.6) is 0 Å². The third-order valence-electron chi connectivity index (χ3n) is 3.66. The van der Waals surface area contributed by atoms with Gasteiger partial charge in [-0.1, -0.05) is 18.2 Å². The lowest BCUT2D eigenvalue weighted by Gasteiger charge is -2.18. The highest BCUT2D eigenvalue weighted by Gasteiger charge is 2.18. The van der Waals surface area contributed by atoms with Gasteiger partial charge in [-0.25, -0.2) is 9.47 Å². The van der Waals surface area contributed by atoms with E-state index in [2.05, 4.69) is 5.43 Å². The van der Waals surface area contributed by atoms with E-state index in [9.17, 15) is 9.59 Å². The normalized spacial score (nSPS) is 14.8. The summed E-state index contributed by atoms with van der Waals surface area (Å²) in [5.41, 5.74) is 5.33. The molecule has 114 valence electrons. The van der Waals surface area contributed by atoms with Crippen molar-refractivity contribution >= 4 is 22.7 Å². The minimum atomic E-state index is -0.381. The molecule has 2 aromatic rings. The summed E-state index contributed by atoms with van der Waals surface area (Å²) in [6.45, 7) is 2.10. The fourth-order valence-electron chi connectivity index (χ4n) is 2.65. The first-order valence-corrected chi connectivity index (χ1v) is 7.47. The number of carbonyl (C=O) groups excluding carboxylic acids is 2. The second kappa shape index (κ2) is 6.05. The zero-order valence-corrected chi connectivity index (χ0v) is 12.5. The summed E-state index contributed by atoms with van der Waals surface area (Å²) in [5, 5.41) is 0.945. The van der Waals surface area contributed by atoms with Gasteiger partial charge in [-0.15, -0.1) is 0 Å². The third-order valence-corrected chi connectivity index (χ3v) is 3.66. The highest BCUT2D eigenvalue weighted by molar-refractivity contribution is 5.96. The Morgan fingerprint density at radius 1 is 1.32 bits per heavy atom. The van der Waals surface area contributed by atoms with Gasteiger partial charge in [0.15, 0.2) is 5.78 Å². The van der Waals surface area contributed by atoms with Crippen LogP contribution in [-0.4, -0.2) is 23.0 Å². The van der Waals surface area contributed by atoms with E-state index in [-0.39, 0.29) is 11.8 Å². The maximum atomic E-state index is 12.2. The number of carbonyl (C=O) groups is 2. The maximum Gasteiger partial charge on any atom is 0.356 e. The van der Waals surface area contributed by atoms with Crippen molar-refractivity contribution in [1.29, 1.82) is 0 Å². The van der Waals surface area contributed by atoms with Crippen LogP contribution in [0.3, 0.4) is 0 Å². The molecule has 0 aliphatic heterocycles. The number of ether oxygens (including phenoxy) is 1. The predicted molar refractivity (Wildman–Crippen MR) is 84.2 cm³/mol. The molecular weight excluding hydrogens is 280 g/mol. The molecule has 0 atom stereocenters. The summed E-state index contributed by atoms with van der Waals surface area (Å²) in [6.07, 6.45) is 3.82. The summed E-state index contributed by atoms with van der Waals surface area (Å²) in [5.74, 6) is -0.267. The van der Waals surface area contributed by atoms with Crippen molar-refractivity contribution in [2.24, 2.45) is 0 Å². The standard InChI is InChI=1S/C17H18N2O3/c1-2-22-17(21)16-10-12-6-3-4-9-15(12)19(16)18-13-7-5-8-14(20)11-13/h3-4,6,9-11,18H,2,5,7-8H2,1H3. The van der Waals surface area contributed by atoms with E-state index in [4.69, 9.17) is 4.74 Å². The molecule has 1 N–H and O–H groups in total. The van der Waals surface area contributed by atoms with E-state index < -0.39 is 0 Å². The summed E-state index contributed by atoms with van der Waals surface area (Å²) in [4.78, 5) is 23.7. The Morgan fingerprint density at radius 3 is 2.91 bits per heavy atom. The number of hydrogen-bond acceptors (Lipinski definition) is 4. The van der Waals surface area contributed by atoms with E-state index >= 15 is 0 Å². The molecule has 0 saturated carbocycles. The monoisotopic (exact) mass is 298 g/mol. The van der Waals surface area contributed by atoms with Crippen molar-refractivity contribution < 1.29 is 14.3 Å². The molecule has 1 aromatic heterocycles. The third kappa shape index (κ3) is 2.74. The lowest BCUT2D eigenvalue weighted by atomic mass is 10.0. The van der Waals surface area contributed by atoms with Crippen molar-refractivity contribution in [2.75, 3.05) is 12.0 Å². The maximum absolute atomic E-state index is 12.2. The Kier molecular flexibility index (Phi) is 3.96. The van der Waals surface area contributed by atoms with Gasteiger partial charge in [-0.2, -0.15) is 0 Å². The zero-order chi connectivity index (χ0) is 15.5. The molecule has 22 heavy (non-hydrogen) atoms. The minimum absolute atomic E-state index is 0.114. The molecule has 5 nitrogen and oxygen atoms in total. The molecule has 5 heteroatoms. The first kappa shape index (κ1) is 14.4. The van der Waals surface area contributed by atoms with Crippen LogP contribution in [0.2, 0.25) is 0 Å². The molecule has 1 aromatic carbocycles. The number of rotatable bonds is 4. The van der Waals surface area contributed by atoms with Gasteiger partial charge in [0.1, 0.15) is 5.69 Å². The van der Waals surface area contributed by atoms with E-state index in [1.54, 1.807) is 23.7 Å². The zero-order valence-electron chi connectivity index (χ0n) is 12.5. The molecule has 1 aliphatic carbocycles. The van der Waals surface area contributed by atoms with Crippen LogP contribution in [0.25, 0.3) is 10.9 Å². The van der Waals surface area contributed by atoms with Gasteiger partial charge in [0.05, 0.1) is 12.1 Å². The van der Waals surface area contributed by atoms with Crippen LogP contribution in [0.4, 0.5) is 0 Å². The second-order valence-corrected chi connectivity index (χ2v) is 5.25. The number of ketones is 1. The Labute approximate surface area is 128 Å². The molecular formula is C17H18N2O3. The molecule has 0 saturated heterocycles. The topological polar surface area (TPSA) is 60.3 Å². The van der Waals surface area contributed by atoms with Crippen LogP contribution in [0.15, 0.2) is 42.1 Å². The van der Waals surface area contributed by atoms with Crippen molar-refractivity contribution in [3.05, 3.63) is 47.8 Å². The predicted octanol–water partition coefficient (Wildman–Crippen LogP) is 3.00. The fourth-order valence-corrected chi connectivity index (χ4v) is 2.65. The Morgan fingerprint density at radius 2 is 2.14 bits per heavy atom. The van der Waals surface area contributed by atoms with Crippen LogP contribution in [0.1, 0.15) is 36.7 Å². The number of allylic oxidation sites excluding steroid dienone is 2. The van der Waals surface area contributed by atoms with Crippen molar-refractivity contribution in [3.8, 4) is 0 Å². The second-order valence-electron chi connectivity index (χ2n) is 5.25. The molecule has 0 spiro atoms.